The van der Waals surface area contributed by atoms with Crippen LogP contribution < -0.4 is 4.90 Å². The first-order valence-corrected chi connectivity index (χ1v) is 8.12. The van der Waals surface area contributed by atoms with Crippen LogP contribution in [0.25, 0.3) is 11.3 Å². The average molecular weight is 351 g/mol. The lowest BCUT2D eigenvalue weighted by molar-refractivity contribution is 0.475. The summed E-state index contributed by atoms with van der Waals surface area (Å²) in [5.41, 5.74) is 2.73. The molecule has 3 nitrogen and oxygen atoms in total. The van der Waals surface area contributed by atoms with Crippen LogP contribution in [0.5, 0.6) is 5.75 Å². The third-order valence-corrected chi connectivity index (χ3v) is 4.89. The maximum absolute atomic E-state index is 9.36. The lowest BCUT2D eigenvalue weighted by Gasteiger charge is -2.15. The second-order valence-corrected chi connectivity index (χ2v) is 6.37. The third-order valence-electron chi connectivity index (χ3n) is 3.23. The fraction of sp³-hybridized carbons (Fsp3) is 0.0625. The molecule has 0 unspecified atom stereocenters. The molecule has 0 bridgehead atoms. The smallest absolute Gasteiger partial charge is 0.190 e. The maximum Gasteiger partial charge on any atom is 0.190 e. The Kier molecular flexibility index (Phi) is 4.25. The van der Waals surface area contributed by atoms with Crippen LogP contribution in [-0.4, -0.2) is 17.1 Å². The predicted molar refractivity (Wildman–Crippen MR) is 93.7 cm³/mol. The number of aromatic hydroxyl groups is 1. The van der Waals surface area contributed by atoms with Crippen LogP contribution in [0, 0.1) is 0 Å². The van der Waals surface area contributed by atoms with Crippen LogP contribution >= 0.6 is 34.5 Å². The number of aromatic nitrogens is 1. The van der Waals surface area contributed by atoms with Crippen molar-refractivity contribution >= 4 is 45.4 Å². The van der Waals surface area contributed by atoms with Gasteiger partial charge in [0.1, 0.15) is 5.75 Å². The monoisotopic (exact) mass is 350 g/mol. The number of nitrogens with zero attached hydrogens (tertiary/aromatic N) is 2. The second-order valence-electron chi connectivity index (χ2n) is 4.72. The van der Waals surface area contributed by atoms with Gasteiger partial charge in [0.25, 0.3) is 0 Å². The summed E-state index contributed by atoms with van der Waals surface area (Å²) in [5, 5.41) is 13.2. The molecule has 0 amide bonds. The summed E-state index contributed by atoms with van der Waals surface area (Å²) in [7, 11) is 1.93. The summed E-state index contributed by atoms with van der Waals surface area (Å²) in [6.07, 6.45) is 0. The molecule has 2 aromatic carbocycles. The molecule has 0 saturated carbocycles. The van der Waals surface area contributed by atoms with E-state index in [4.69, 9.17) is 23.2 Å². The van der Waals surface area contributed by atoms with Crippen molar-refractivity contribution in [1.82, 2.24) is 4.98 Å². The first-order chi connectivity index (χ1) is 10.5. The van der Waals surface area contributed by atoms with E-state index >= 15 is 0 Å². The SMILES string of the molecule is CN(c1ccc(O)cc1)c1nc(-c2ccc(Cl)c(Cl)c2)cs1. The molecule has 1 N–H and O–H groups in total. The Morgan fingerprint density at radius 1 is 1.05 bits per heavy atom. The molecule has 0 fully saturated rings. The Balaban J connectivity index is 1.89. The maximum atomic E-state index is 9.36. The van der Waals surface area contributed by atoms with Gasteiger partial charge < -0.3 is 10.0 Å². The van der Waals surface area contributed by atoms with Crippen LogP contribution in [0.2, 0.25) is 10.0 Å². The standard InChI is InChI=1S/C16H12Cl2N2OS/c1-20(11-3-5-12(21)6-4-11)16-19-15(9-22-16)10-2-7-13(17)14(18)8-10/h2-9,21H,1H3. The van der Waals surface area contributed by atoms with Gasteiger partial charge in [0.05, 0.1) is 15.7 Å². The van der Waals surface area contributed by atoms with Crippen LogP contribution in [0.4, 0.5) is 10.8 Å². The van der Waals surface area contributed by atoms with Crippen molar-refractivity contribution in [3.8, 4) is 17.0 Å². The Hall–Kier alpha value is -1.75. The van der Waals surface area contributed by atoms with Crippen molar-refractivity contribution in [1.29, 1.82) is 0 Å². The molecular formula is C16H12Cl2N2OS. The van der Waals surface area contributed by atoms with E-state index in [1.165, 1.54) is 11.3 Å². The highest BCUT2D eigenvalue weighted by molar-refractivity contribution is 7.14. The molecule has 0 spiro atoms. The number of thiazole rings is 1. The van der Waals surface area contributed by atoms with Gasteiger partial charge in [-0.3, -0.25) is 0 Å². The molecule has 1 aromatic heterocycles. The molecule has 112 valence electrons. The van der Waals surface area contributed by atoms with Crippen molar-refractivity contribution in [2.75, 3.05) is 11.9 Å². The van der Waals surface area contributed by atoms with E-state index in [0.29, 0.717) is 10.0 Å². The Bertz CT molecular complexity index is 802. The number of halogens is 2. The predicted octanol–water partition coefficient (Wildman–Crippen LogP) is 5.59. The molecule has 0 saturated heterocycles. The zero-order valence-electron chi connectivity index (χ0n) is 11.6. The Morgan fingerprint density at radius 2 is 1.77 bits per heavy atom. The molecule has 0 aliphatic carbocycles. The molecule has 0 radical (unpaired) electrons. The topological polar surface area (TPSA) is 36.4 Å². The van der Waals surface area contributed by atoms with Gasteiger partial charge in [-0.1, -0.05) is 29.3 Å². The molecule has 1 heterocycles. The minimum absolute atomic E-state index is 0.243. The minimum Gasteiger partial charge on any atom is -0.508 e. The van der Waals surface area contributed by atoms with Gasteiger partial charge in [-0.15, -0.1) is 11.3 Å². The normalized spacial score (nSPS) is 10.7. The number of hydrogen-bond donors (Lipinski definition) is 1. The second kappa shape index (κ2) is 6.16. The summed E-state index contributed by atoms with van der Waals surface area (Å²) >= 11 is 13.5. The van der Waals surface area contributed by atoms with Crippen molar-refractivity contribution in [2.45, 2.75) is 0 Å². The number of hydrogen-bond acceptors (Lipinski definition) is 4. The van der Waals surface area contributed by atoms with E-state index in [1.54, 1.807) is 18.2 Å². The molecule has 22 heavy (non-hydrogen) atoms. The van der Waals surface area contributed by atoms with E-state index in [9.17, 15) is 5.11 Å². The lowest BCUT2D eigenvalue weighted by atomic mass is 10.2. The van der Waals surface area contributed by atoms with Gasteiger partial charge in [-0.25, -0.2) is 4.98 Å². The highest BCUT2D eigenvalue weighted by atomic mass is 35.5. The Morgan fingerprint density at radius 3 is 2.45 bits per heavy atom. The molecule has 0 atom stereocenters. The molecular weight excluding hydrogens is 339 g/mol. The number of benzene rings is 2. The fourth-order valence-electron chi connectivity index (χ4n) is 1.99. The van der Waals surface area contributed by atoms with Crippen LogP contribution in [0.3, 0.4) is 0 Å². The summed E-state index contributed by atoms with van der Waals surface area (Å²) in [6, 6.07) is 12.5. The van der Waals surface area contributed by atoms with Gasteiger partial charge in [-0.2, -0.15) is 0 Å². The fourth-order valence-corrected chi connectivity index (χ4v) is 3.11. The van der Waals surface area contributed by atoms with Crippen molar-refractivity contribution in [3.05, 3.63) is 57.9 Å². The summed E-state index contributed by atoms with van der Waals surface area (Å²) in [5.74, 6) is 0.243. The van der Waals surface area contributed by atoms with E-state index < -0.39 is 0 Å². The average Bonchev–Trinajstić information content (AvgIpc) is 3.00. The first-order valence-electron chi connectivity index (χ1n) is 6.48. The van der Waals surface area contributed by atoms with E-state index in [1.807, 2.05) is 41.6 Å². The summed E-state index contributed by atoms with van der Waals surface area (Å²) < 4.78 is 0. The third kappa shape index (κ3) is 3.04. The minimum atomic E-state index is 0.243. The van der Waals surface area contributed by atoms with Crippen molar-refractivity contribution in [2.24, 2.45) is 0 Å². The van der Waals surface area contributed by atoms with Gasteiger partial charge in [-0.05, 0) is 36.4 Å². The largest absolute Gasteiger partial charge is 0.508 e. The highest BCUT2D eigenvalue weighted by Gasteiger charge is 2.11. The van der Waals surface area contributed by atoms with Crippen LogP contribution in [0.15, 0.2) is 47.8 Å². The molecule has 3 aromatic rings. The zero-order valence-corrected chi connectivity index (χ0v) is 14.0. The van der Waals surface area contributed by atoms with Gasteiger partial charge in [0, 0.05) is 23.7 Å². The summed E-state index contributed by atoms with van der Waals surface area (Å²) in [6.45, 7) is 0. The summed E-state index contributed by atoms with van der Waals surface area (Å²) in [4.78, 5) is 6.59. The molecule has 6 heteroatoms. The van der Waals surface area contributed by atoms with Crippen LogP contribution in [-0.2, 0) is 0 Å². The lowest BCUT2D eigenvalue weighted by Crippen LogP contribution is -2.08. The molecule has 3 rings (SSSR count). The van der Waals surface area contributed by atoms with Gasteiger partial charge >= 0.3 is 0 Å². The van der Waals surface area contributed by atoms with E-state index in [0.717, 1.165) is 22.1 Å². The quantitative estimate of drug-likeness (QED) is 0.668. The number of phenols is 1. The molecule has 0 aliphatic heterocycles. The highest BCUT2D eigenvalue weighted by Crippen LogP contribution is 2.33. The van der Waals surface area contributed by atoms with Gasteiger partial charge in [0.2, 0.25) is 0 Å². The van der Waals surface area contributed by atoms with Crippen molar-refractivity contribution < 1.29 is 5.11 Å². The number of rotatable bonds is 3. The Labute approximate surface area is 142 Å². The van der Waals surface area contributed by atoms with E-state index in [2.05, 4.69) is 4.98 Å². The van der Waals surface area contributed by atoms with Gasteiger partial charge in [0.15, 0.2) is 5.13 Å². The molecule has 0 aliphatic rings. The van der Waals surface area contributed by atoms with Crippen LogP contribution in [0.1, 0.15) is 0 Å². The zero-order chi connectivity index (χ0) is 15.7. The number of phenolic OH excluding ortho intramolecular Hbond substituents is 1. The van der Waals surface area contributed by atoms with Crippen molar-refractivity contribution in [3.63, 3.8) is 0 Å². The van der Waals surface area contributed by atoms with E-state index in [-0.39, 0.29) is 5.75 Å². The number of anilines is 2. The first kappa shape index (κ1) is 15.2.